The number of hydrogen-bond acceptors (Lipinski definition) is 5. The Morgan fingerprint density at radius 2 is 2.00 bits per heavy atom. The van der Waals surface area contributed by atoms with Crippen molar-refractivity contribution >= 4 is 11.5 Å². The van der Waals surface area contributed by atoms with E-state index in [-0.39, 0.29) is 6.10 Å². The van der Waals surface area contributed by atoms with E-state index in [0.717, 1.165) is 17.1 Å². The van der Waals surface area contributed by atoms with Gasteiger partial charge in [0.2, 0.25) is 5.88 Å². The second kappa shape index (κ2) is 6.23. The molecule has 2 N–H and O–H groups in total. The monoisotopic (exact) mass is 272 g/mol. The first-order valence-electron chi connectivity index (χ1n) is 6.59. The minimum absolute atomic E-state index is 0.0784. The summed E-state index contributed by atoms with van der Waals surface area (Å²) in [5.74, 6) is 1.29. The fourth-order valence-electron chi connectivity index (χ4n) is 1.84. The number of benzene rings is 1. The van der Waals surface area contributed by atoms with E-state index in [9.17, 15) is 0 Å². The highest BCUT2D eigenvalue weighted by Gasteiger charge is 2.08. The average molecular weight is 272 g/mol. The van der Waals surface area contributed by atoms with E-state index < -0.39 is 0 Å². The second-order valence-corrected chi connectivity index (χ2v) is 4.94. The lowest BCUT2D eigenvalue weighted by Crippen LogP contribution is -2.19. The molecule has 0 saturated carbocycles. The van der Waals surface area contributed by atoms with Gasteiger partial charge in [0.1, 0.15) is 0 Å². The Hall–Kier alpha value is -2.30. The van der Waals surface area contributed by atoms with Crippen LogP contribution in [-0.4, -0.2) is 23.1 Å². The van der Waals surface area contributed by atoms with Crippen LogP contribution in [0.5, 0.6) is 5.88 Å². The Labute approximate surface area is 119 Å². The molecule has 0 aliphatic heterocycles. The molecule has 0 bridgehead atoms. The van der Waals surface area contributed by atoms with Crippen molar-refractivity contribution in [2.24, 2.45) is 0 Å². The summed E-state index contributed by atoms with van der Waals surface area (Å²) in [6, 6.07) is 7.81. The standard InChI is InChI=1S/C15H20N4O/c1-11(2)20-15-9-17-8-14(18-15)19(3)10-12-6-4-5-7-13(12)16/h4-9,11H,10,16H2,1-3H3. The summed E-state index contributed by atoms with van der Waals surface area (Å²) in [4.78, 5) is 10.6. The Morgan fingerprint density at radius 1 is 1.25 bits per heavy atom. The molecule has 5 heteroatoms. The van der Waals surface area contributed by atoms with Crippen molar-refractivity contribution in [1.29, 1.82) is 0 Å². The number of nitrogen functional groups attached to an aromatic ring is 1. The lowest BCUT2D eigenvalue weighted by atomic mass is 10.2. The first kappa shape index (κ1) is 14.1. The number of aromatic nitrogens is 2. The van der Waals surface area contributed by atoms with E-state index in [4.69, 9.17) is 10.5 Å². The summed E-state index contributed by atoms with van der Waals surface area (Å²) in [5, 5.41) is 0. The van der Waals surface area contributed by atoms with Crippen molar-refractivity contribution in [1.82, 2.24) is 9.97 Å². The highest BCUT2D eigenvalue weighted by atomic mass is 16.5. The van der Waals surface area contributed by atoms with E-state index in [0.29, 0.717) is 12.4 Å². The van der Waals surface area contributed by atoms with Gasteiger partial charge in [0.25, 0.3) is 0 Å². The average Bonchev–Trinajstić information content (AvgIpc) is 2.41. The predicted molar refractivity (Wildman–Crippen MR) is 80.8 cm³/mol. The maximum atomic E-state index is 5.96. The molecule has 1 aromatic heterocycles. The van der Waals surface area contributed by atoms with Crippen LogP contribution in [0.1, 0.15) is 19.4 Å². The first-order valence-corrected chi connectivity index (χ1v) is 6.59. The Balaban J connectivity index is 2.13. The molecule has 1 aromatic carbocycles. The molecule has 0 unspecified atom stereocenters. The van der Waals surface area contributed by atoms with Crippen LogP contribution in [0.3, 0.4) is 0 Å². The zero-order valence-corrected chi connectivity index (χ0v) is 12.1. The highest BCUT2D eigenvalue weighted by molar-refractivity contribution is 5.49. The molecule has 2 rings (SSSR count). The summed E-state index contributed by atoms with van der Waals surface area (Å²) >= 11 is 0. The number of nitrogens with two attached hydrogens (primary N) is 1. The third kappa shape index (κ3) is 3.60. The van der Waals surface area contributed by atoms with Gasteiger partial charge in [-0.1, -0.05) is 18.2 Å². The molecule has 0 amide bonds. The Morgan fingerprint density at radius 3 is 2.70 bits per heavy atom. The topological polar surface area (TPSA) is 64.3 Å². The second-order valence-electron chi connectivity index (χ2n) is 4.94. The van der Waals surface area contributed by atoms with Crippen molar-refractivity contribution in [3.63, 3.8) is 0 Å². The summed E-state index contributed by atoms with van der Waals surface area (Å²) in [7, 11) is 1.95. The van der Waals surface area contributed by atoms with Crippen molar-refractivity contribution in [3.8, 4) is 5.88 Å². The molecule has 0 atom stereocenters. The fourth-order valence-corrected chi connectivity index (χ4v) is 1.84. The maximum Gasteiger partial charge on any atom is 0.234 e. The highest BCUT2D eigenvalue weighted by Crippen LogP contribution is 2.18. The number of para-hydroxylation sites is 1. The summed E-state index contributed by atoms with van der Waals surface area (Å²) < 4.78 is 5.55. The van der Waals surface area contributed by atoms with E-state index in [1.54, 1.807) is 12.4 Å². The molecular weight excluding hydrogens is 252 g/mol. The number of nitrogens with zero attached hydrogens (tertiary/aromatic N) is 3. The first-order chi connectivity index (χ1) is 9.56. The molecule has 0 aliphatic rings. The van der Waals surface area contributed by atoms with E-state index in [2.05, 4.69) is 9.97 Å². The quantitative estimate of drug-likeness (QED) is 0.847. The Kier molecular flexibility index (Phi) is 4.40. The van der Waals surface area contributed by atoms with Crippen LogP contribution in [-0.2, 0) is 6.54 Å². The van der Waals surface area contributed by atoms with Gasteiger partial charge < -0.3 is 15.4 Å². The Bertz CT molecular complexity index is 571. The number of rotatable bonds is 5. The normalized spacial score (nSPS) is 10.6. The lowest BCUT2D eigenvalue weighted by Gasteiger charge is -2.19. The smallest absolute Gasteiger partial charge is 0.234 e. The molecule has 1 heterocycles. The van der Waals surface area contributed by atoms with Crippen LogP contribution in [0, 0.1) is 0 Å². The van der Waals surface area contributed by atoms with E-state index >= 15 is 0 Å². The van der Waals surface area contributed by atoms with Gasteiger partial charge in [0, 0.05) is 19.3 Å². The van der Waals surface area contributed by atoms with Gasteiger partial charge in [-0.2, -0.15) is 4.98 Å². The van der Waals surface area contributed by atoms with Crippen LogP contribution in [0.25, 0.3) is 0 Å². The van der Waals surface area contributed by atoms with Gasteiger partial charge in [0.05, 0.1) is 18.5 Å². The van der Waals surface area contributed by atoms with Crippen molar-refractivity contribution in [3.05, 3.63) is 42.2 Å². The third-order valence-corrected chi connectivity index (χ3v) is 2.81. The van der Waals surface area contributed by atoms with E-state index in [1.165, 1.54) is 0 Å². The van der Waals surface area contributed by atoms with Gasteiger partial charge >= 0.3 is 0 Å². The minimum Gasteiger partial charge on any atom is -0.474 e. The van der Waals surface area contributed by atoms with Gasteiger partial charge in [0.15, 0.2) is 5.82 Å². The fraction of sp³-hybridized carbons (Fsp3) is 0.333. The minimum atomic E-state index is 0.0784. The summed E-state index contributed by atoms with van der Waals surface area (Å²) in [6.07, 6.45) is 3.41. The summed E-state index contributed by atoms with van der Waals surface area (Å²) in [5.41, 5.74) is 7.80. The van der Waals surface area contributed by atoms with E-state index in [1.807, 2.05) is 50.1 Å². The van der Waals surface area contributed by atoms with Gasteiger partial charge in [-0.25, -0.2) is 0 Å². The molecule has 0 aliphatic carbocycles. The third-order valence-electron chi connectivity index (χ3n) is 2.81. The van der Waals surface area contributed by atoms with Gasteiger partial charge in [-0.15, -0.1) is 0 Å². The molecule has 20 heavy (non-hydrogen) atoms. The number of anilines is 2. The molecule has 2 aromatic rings. The molecular formula is C15H20N4O. The van der Waals surface area contributed by atoms with Crippen LogP contribution in [0.2, 0.25) is 0 Å². The predicted octanol–water partition coefficient (Wildman–Crippen LogP) is 2.48. The molecule has 106 valence electrons. The van der Waals surface area contributed by atoms with Crippen molar-refractivity contribution in [2.45, 2.75) is 26.5 Å². The zero-order chi connectivity index (χ0) is 14.5. The zero-order valence-electron chi connectivity index (χ0n) is 12.1. The molecule has 0 spiro atoms. The SMILES string of the molecule is CC(C)Oc1cncc(N(C)Cc2ccccc2N)n1. The maximum absolute atomic E-state index is 5.96. The lowest BCUT2D eigenvalue weighted by molar-refractivity contribution is 0.231. The van der Waals surface area contributed by atoms with Crippen LogP contribution in [0.15, 0.2) is 36.7 Å². The molecule has 0 fully saturated rings. The van der Waals surface area contributed by atoms with Crippen molar-refractivity contribution in [2.75, 3.05) is 17.7 Å². The molecule has 5 nitrogen and oxygen atoms in total. The largest absolute Gasteiger partial charge is 0.474 e. The molecule has 0 saturated heterocycles. The molecule has 0 radical (unpaired) electrons. The van der Waals surface area contributed by atoms with Crippen molar-refractivity contribution < 1.29 is 4.74 Å². The van der Waals surface area contributed by atoms with Gasteiger partial charge in [-0.05, 0) is 25.5 Å². The van der Waals surface area contributed by atoms with Gasteiger partial charge in [-0.3, -0.25) is 4.98 Å². The van der Waals surface area contributed by atoms with Crippen LogP contribution >= 0.6 is 0 Å². The summed E-state index contributed by atoms with van der Waals surface area (Å²) in [6.45, 7) is 4.60. The number of hydrogen-bond donors (Lipinski definition) is 1. The van der Waals surface area contributed by atoms with Crippen LogP contribution < -0.4 is 15.4 Å². The number of ether oxygens (including phenoxy) is 1. The van der Waals surface area contributed by atoms with Crippen LogP contribution in [0.4, 0.5) is 11.5 Å².